The SMILES string of the molecule is CCC1(CNCc2cccc(OC)c2OC)CCC1. The number of benzene rings is 1. The van der Waals surface area contributed by atoms with E-state index in [1.165, 1.54) is 25.7 Å². The van der Waals surface area contributed by atoms with Crippen molar-refractivity contribution >= 4 is 0 Å². The van der Waals surface area contributed by atoms with Crippen molar-refractivity contribution in [2.24, 2.45) is 5.41 Å². The lowest BCUT2D eigenvalue weighted by Gasteiger charge is -2.41. The van der Waals surface area contributed by atoms with Crippen molar-refractivity contribution in [1.29, 1.82) is 0 Å². The third kappa shape index (κ3) is 3.03. The Hall–Kier alpha value is -1.22. The third-order valence-corrected chi connectivity index (χ3v) is 4.46. The lowest BCUT2D eigenvalue weighted by atomic mass is 9.67. The second kappa shape index (κ2) is 6.29. The molecule has 106 valence electrons. The summed E-state index contributed by atoms with van der Waals surface area (Å²) >= 11 is 0. The van der Waals surface area contributed by atoms with Gasteiger partial charge < -0.3 is 14.8 Å². The summed E-state index contributed by atoms with van der Waals surface area (Å²) < 4.78 is 10.8. The molecule has 1 fully saturated rings. The molecule has 1 aromatic rings. The second-order valence-electron chi connectivity index (χ2n) is 5.46. The predicted octanol–water partition coefficient (Wildman–Crippen LogP) is 3.37. The van der Waals surface area contributed by atoms with Crippen LogP contribution in [-0.4, -0.2) is 20.8 Å². The minimum Gasteiger partial charge on any atom is -0.493 e. The van der Waals surface area contributed by atoms with E-state index in [1.54, 1.807) is 14.2 Å². The lowest BCUT2D eigenvalue weighted by molar-refractivity contribution is 0.123. The fourth-order valence-corrected chi connectivity index (χ4v) is 2.89. The van der Waals surface area contributed by atoms with Crippen LogP contribution in [0.5, 0.6) is 11.5 Å². The monoisotopic (exact) mass is 263 g/mol. The maximum atomic E-state index is 5.45. The van der Waals surface area contributed by atoms with Gasteiger partial charge in [-0.3, -0.25) is 0 Å². The van der Waals surface area contributed by atoms with E-state index in [9.17, 15) is 0 Å². The molecule has 0 amide bonds. The maximum absolute atomic E-state index is 5.45. The summed E-state index contributed by atoms with van der Waals surface area (Å²) in [6, 6.07) is 6.03. The van der Waals surface area contributed by atoms with Gasteiger partial charge in [-0.25, -0.2) is 0 Å². The highest BCUT2D eigenvalue weighted by Gasteiger charge is 2.34. The molecule has 0 radical (unpaired) electrons. The standard InChI is InChI=1S/C16H25NO2/c1-4-16(9-6-10-16)12-17-11-13-7-5-8-14(18-2)15(13)19-3/h5,7-8,17H,4,6,9-12H2,1-3H3. The summed E-state index contributed by atoms with van der Waals surface area (Å²) in [4.78, 5) is 0. The molecule has 1 aliphatic rings. The molecule has 3 nitrogen and oxygen atoms in total. The Kier molecular flexibility index (Phi) is 4.70. The summed E-state index contributed by atoms with van der Waals surface area (Å²) in [5.41, 5.74) is 1.71. The Morgan fingerprint density at radius 1 is 1.21 bits per heavy atom. The van der Waals surface area contributed by atoms with Gasteiger partial charge in [-0.2, -0.15) is 0 Å². The largest absolute Gasteiger partial charge is 0.493 e. The first-order valence-corrected chi connectivity index (χ1v) is 7.15. The second-order valence-corrected chi connectivity index (χ2v) is 5.46. The zero-order chi connectivity index (χ0) is 13.7. The van der Waals surface area contributed by atoms with E-state index in [1.807, 2.05) is 12.1 Å². The molecule has 0 bridgehead atoms. The van der Waals surface area contributed by atoms with Crippen LogP contribution in [0.15, 0.2) is 18.2 Å². The molecule has 0 heterocycles. The van der Waals surface area contributed by atoms with E-state index in [0.717, 1.165) is 30.2 Å². The van der Waals surface area contributed by atoms with Gasteiger partial charge in [0.1, 0.15) is 0 Å². The van der Waals surface area contributed by atoms with Crippen LogP contribution < -0.4 is 14.8 Å². The molecule has 2 rings (SSSR count). The third-order valence-electron chi connectivity index (χ3n) is 4.46. The number of para-hydroxylation sites is 1. The van der Waals surface area contributed by atoms with Gasteiger partial charge in [-0.05, 0) is 30.7 Å². The van der Waals surface area contributed by atoms with E-state index in [0.29, 0.717) is 5.41 Å². The highest BCUT2D eigenvalue weighted by Crippen LogP contribution is 2.43. The van der Waals surface area contributed by atoms with Crippen LogP contribution in [-0.2, 0) is 6.54 Å². The molecule has 1 saturated carbocycles. The van der Waals surface area contributed by atoms with Crippen LogP contribution in [0.25, 0.3) is 0 Å². The topological polar surface area (TPSA) is 30.5 Å². The molecular weight excluding hydrogens is 238 g/mol. The summed E-state index contributed by atoms with van der Waals surface area (Å²) in [5, 5.41) is 3.59. The Balaban J connectivity index is 1.95. The van der Waals surface area contributed by atoms with Gasteiger partial charge in [0.2, 0.25) is 0 Å². The van der Waals surface area contributed by atoms with Gasteiger partial charge in [0, 0.05) is 18.7 Å². The molecule has 0 aromatic heterocycles. The fourth-order valence-electron chi connectivity index (χ4n) is 2.89. The van der Waals surface area contributed by atoms with Crippen LogP contribution in [0.1, 0.15) is 38.2 Å². The van der Waals surface area contributed by atoms with E-state index in [4.69, 9.17) is 9.47 Å². The molecule has 0 aliphatic heterocycles. The van der Waals surface area contributed by atoms with Gasteiger partial charge in [0.25, 0.3) is 0 Å². The van der Waals surface area contributed by atoms with Crippen LogP contribution >= 0.6 is 0 Å². The summed E-state index contributed by atoms with van der Waals surface area (Å²) in [5.74, 6) is 1.65. The quantitative estimate of drug-likeness (QED) is 0.818. The number of rotatable bonds is 7. The van der Waals surface area contributed by atoms with Gasteiger partial charge in [0.15, 0.2) is 11.5 Å². The minimum atomic E-state index is 0.548. The number of hydrogen-bond acceptors (Lipinski definition) is 3. The van der Waals surface area contributed by atoms with Crippen molar-refractivity contribution in [3.63, 3.8) is 0 Å². The van der Waals surface area contributed by atoms with Gasteiger partial charge in [-0.15, -0.1) is 0 Å². The summed E-state index contributed by atoms with van der Waals surface area (Å²) in [6.45, 7) is 4.24. The highest BCUT2D eigenvalue weighted by molar-refractivity contribution is 5.46. The summed E-state index contributed by atoms with van der Waals surface area (Å²) in [7, 11) is 3.37. The molecule has 1 aromatic carbocycles. The fraction of sp³-hybridized carbons (Fsp3) is 0.625. The van der Waals surface area contributed by atoms with Crippen molar-refractivity contribution in [1.82, 2.24) is 5.32 Å². The van der Waals surface area contributed by atoms with Crippen LogP contribution in [0.4, 0.5) is 0 Å². The van der Waals surface area contributed by atoms with E-state index >= 15 is 0 Å². The van der Waals surface area contributed by atoms with Gasteiger partial charge in [0.05, 0.1) is 14.2 Å². The van der Waals surface area contributed by atoms with Crippen LogP contribution in [0, 0.1) is 5.41 Å². The van der Waals surface area contributed by atoms with Crippen molar-refractivity contribution in [2.75, 3.05) is 20.8 Å². The average molecular weight is 263 g/mol. The highest BCUT2D eigenvalue weighted by atomic mass is 16.5. The van der Waals surface area contributed by atoms with Crippen molar-refractivity contribution in [2.45, 2.75) is 39.2 Å². The van der Waals surface area contributed by atoms with Gasteiger partial charge >= 0.3 is 0 Å². The zero-order valence-corrected chi connectivity index (χ0v) is 12.3. The van der Waals surface area contributed by atoms with E-state index in [-0.39, 0.29) is 0 Å². The van der Waals surface area contributed by atoms with Crippen molar-refractivity contribution in [3.8, 4) is 11.5 Å². The van der Waals surface area contributed by atoms with Crippen molar-refractivity contribution in [3.05, 3.63) is 23.8 Å². The Labute approximate surface area is 116 Å². The van der Waals surface area contributed by atoms with Crippen LogP contribution in [0.3, 0.4) is 0 Å². The molecule has 0 saturated heterocycles. The molecule has 1 N–H and O–H groups in total. The van der Waals surface area contributed by atoms with Crippen LogP contribution in [0.2, 0.25) is 0 Å². The molecular formula is C16H25NO2. The first kappa shape index (κ1) is 14.2. The summed E-state index contributed by atoms with van der Waals surface area (Å²) in [6.07, 6.45) is 5.39. The van der Waals surface area contributed by atoms with E-state index in [2.05, 4.69) is 18.3 Å². The molecule has 0 atom stereocenters. The first-order valence-electron chi connectivity index (χ1n) is 7.15. The molecule has 19 heavy (non-hydrogen) atoms. The zero-order valence-electron chi connectivity index (χ0n) is 12.3. The molecule has 0 spiro atoms. The number of methoxy groups -OCH3 is 2. The lowest BCUT2D eigenvalue weighted by Crippen LogP contribution is -2.39. The van der Waals surface area contributed by atoms with E-state index < -0.39 is 0 Å². The minimum absolute atomic E-state index is 0.548. The molecule has 1 aliphatic carbocycles. The predicted molar refractivity (Wildman–Crippen MR) is 77.8 cm³/mol. The first-order chi connectivity index (χ1) is 9.24. The smallest absolute Gasteiger partial charge is 0.165 e. The Bertz CT molecular complexity index is 408. The maximum Gasteiger partial charge on any atom is 0.165 e. The normalized spacial score (nSPS) is 16.8. The van der Waals surface area contributed by atoms with Gasteiger partial charge in [-0.1, -0.05) is 25.5 Å². The van der Waals surface area contributed by atoms with Crippen molar-refractivity contribution < 1.29 is 9.47 Å². The Morgan fingerprint density at radius 2 is 2.00 bits per heavy atom. The Morgan fingerprint density at radius 3 is 2.53 bits per heavy atom. The molecule has 3 heteroatoms. The molecule has 0 unspecified atom stereocenters. The number of ether oxygens (including phenoxy) is 2. The number of nitrogens with one attached hydrogen (secondary N) is 1. The average Bonchev–Trinajstić information content (AvgIpc) is 2.41. The number of hydrogen-bond donors (Lipinski definition) is 1.